The highest BCUT2D eigenvalue weighted by Gasteiger charge is 2.34. The Balaban J connectivity index is 1.47. The molecule has 212 valence electrons. The molecule has 3 aromatic carbocycles. The molecule has 8 nitrogen and oxygen atoms in total. The van der Waals surface area contributed by atoms with Gasteiger partial charge in [-0.2, -0.15) is 13.2 Å². The van der Waals surface area contributed by atoms with Gasteiger partial charge >= 0.3 is 12.3 Å². The molecule has 0 unspecified atom stereocenters. The fourth-order valence-corrected chi connectivity index (χ4v) is 6.40. The Morgan fingerprint density at radius 3 is 2.37 bits per heavy atom. The lowest BCUT2D eigenvalue weighted by Gasteiger charge is -2.19. The molecule has 0 bridgehead atoms. The van der Waals surface area contributed by atoms with Crippen LogP contribution in [0.4, 0.5) is 18.0 Å². The second kappa shape index (κ2) is 10.8. The number of alkyl halides is 3. The van der Waals surface area contributed by atoms with Crippen LogP contribution in [-0.2, 0) is 22.6 Å². The van der Waals surface area contributed by atoms with E-state index in [2.05, 4.69) is 9.97 Å². The van der Waals surface area contributed by atoms with E-state index in [1.54, 1.807) is 59.5 Å². The molecule has 2 aromatic heterocycles. The highest BCUT2D eigenvalue weighted by molar-refractivity contribution is 7.89. The van der Waals surface area contributed by atoms with E-state index in [1.165, 1.54) is 29.5 Å². The van der Waals surface area contributed by atoms with Crippen molar-refractivity contribution in [3.8, 4) is 16.5 Å². The number of halogens is 4. The highest BCUT2D eigenvalue weighted by atomic mass is 35.5. The molecule has 0 aliphatic heterocycles. The van der Waals surface area contributed by atoms with E-state index in [-0.39, 0.29) is 23.4 Å². The fraction of sp³-hybridized carbons (Fsp3) is 0.148. The van der Waals surface area contributed by atoms with Gasteiger partial charge in [0.15, 0.2) is 10.8 Å². The van der Waals surface area contributed by atoms with Crippen LogP contribution in [0.25, 0.3) is 27.6 Å². The first-order chi connectivity index (χ1) is 19.4. The van der Waals surface area contributed by atoms with Gasteiger partial charge in [0.1, 0.15) is 0 Å². The van der Waals surface area contributed by atoms with Gasteiger partial charge in [-0.3, -0.25) is 4.57 Å². The van der Waals surface area contributed by atoms with Gasteiger partial charge < -0.3 is 5.11 Å². The molecule has 1 amide bonds. The number of benzene rings is 3. The van der Waals surface area contributed by atoms with Crippen molar-refractivity contribution in [1.82, 2.24) is 18.8 Å². The lowest BCUT2D eigenvalue weighted by atomic mass is 10.1. The first kappa shape index (κ1) is 28.6. The van der Waals surface area contributed by atoms with Crippen molar-refractivity contribution in [2.24, 2.45) is 0 Å². The molecule has 2 heterocycles. The summed E-state index contributed by atoms with van der Waals surface area (Å²) >= 11 is 7.28. The van der Waals surface area contributed by atoms with Gasteiger partial charge in [-0.05, 0) is 55.3 Å². The minimum atomic E-state index is -4.66. The van der Waals surface area contributed by atoms with Crippen molar-refractivity contribution in [3.63, 3.8) is 0 Å². The Kier molecular flexibility index (Phi) is 7.53. The number of rotatable bonds is 7. The van der Waals surface area contributed by atoms with Gasteiger partial charge in [-0.1, -0.05) is 41.4 Å². The molecule has 14 heteroatoms. The summed E-state index contributed by atoms with van der Waals surface area (Å²) in [5, 5.41) is 11.4. The number of carboxylic acid groups (broad SMARTS) is 1. The topological polar surface area (TPSA) is 105 Å². The van der Waals surface area contributed by atoms with Crippen LogP contribution in [-0.4, -0.2) is 45.0 Å². The SMILES string of the molecule is Cc1ccc(S(=O)(=O)N(CCc2ccc(-n3c(-c4nccs4)nc4cc(C(F)(F)F)c(Cl)cc43)cc2)C(=O)O)cc1. The molecule has 0 saturated heterocycles. The number of nitrogens with zero attached hydrogens (tertiary/aromatic N) is 4. The van der Waals surface area contributed by atoms with E-state index in [9.17, 15) is 31.5 Å². The maximum atomic E-state index is 13.5. The number of fused-ring (bicyclic) bond motifs is 1. The zero-order valence-corrected chi connectivity index (χ0v) is 23.5. The van der Waals surface area contributed by atoms with Crippen molar-refractivity contribution >= 4 is 50.1 Å². The van der Waals surface area contributed by atoms with Gasteiger partial charge in [0.05, 0.1) is 26.5 Å². The third-order valence-corrected chi connectivity index (χ3v) is 9.16. The van der Waals surface area contributed by atoms with Gasteiger partial charge in [0.2, 0.25) is 0 Å². The average Bonchev–Trinajstić information content (AvgIpc) is 3.56. The Morgan fingerprint density at radius 1 is 1.10 bits per heavy atom. The maximum absolute atomic E-state index is 13.5. The van der Waals surface area contributed by atoms with Crippen LogP contribution in [0.1, 0.15) is 16.7 Å². The lowest BCUT2D eigenvalue weighted by molar-refractivity contribution is -0.137. The minimum absolute atomic E-state index is 0.0782. The zero-order valence-electron chi connectivity index (χ0n) is 21.1. The molecule has 0 fully saturated rings. The number of thiazole rings is 1. The first-order valence-electron chi connectivity index (χ1n) is 12.0. The smallest absolute Gasteiger partial charge is 0.421 e. The van der Waals surface area contributed by atoms with Crippen LogP contribution >= 0.6 is 22.9 Å². The Hall–Kier alpha value is -3.94. The van der Waals surface area contributed by atoms with Crippen molar-refractivity contribution in [2.75, 3.05) is 6.54 Å². The largest absolute Gasteiger partial charge is 0.464 e. The quantitative estimate of drug-likeness (QED) is 0.209. The third kappa shape index (κ3) is 5.65. The van der Waals surface area contributed by atoms with Gasteiger partial charge in [-0.15, -0.1) is 11.3 Å². The molecular formula is C27H20ClF3N4O4S2. The van der Waals surface area contributed by atoms with Crippen LogP contribution < -0.4 is 0 Å². The summed E-state index contributed by atoms with van der Waals surface area (Å²) < 4.78 is 68.4. The van der Waals surface area contributed by atoms with Crippen molar-refractivity contribution in [3.05, 3.63) is 94.0 Å². The van der Waals surface area contributed by atoms with E-state index in [4.69, 9.17) is 11.6 Å². The first-order valence-corrected chi connectivity index (χ1v) is 14.7. The Labute approximate surface area is 241 Å². The summed E-state index contributed by atoms with van der Waals surface area (Å²) in [5.41, 5.74) is 1.42. The van der Waals surface area contributed by atoms with Crippen molar-refractivity contribution in [1.29, 1.82) is 0 Å². The highest BCUT2D eigenvalue weighted by Crippen LogP contribution is 2.39. The lowest BCUT2D eigenvalue weighted by Crippen LogP contribution is -2.37. The number of carbonyl (C=O) groups is 1. The van der Waals surface area contributed by atoms with Gasteiger partial charge in [-0.25, -0.2) is 27.5 Å². The molecule has 5 aromatic rings. The van der Waals surface area contributed by atoms with Crippen LogP contribution in [0.2, 0.25) is 5.02 Å². The maximum Gasteiger partial charge on any atom is 0.421 e. The summed E-state index contributed by atoms with van der Waals surface area (Å²) in [4.78, 5) is 20.4. The van der Waals surface area contributed by atoms with E-state index < -0.39 is 32.9 Å². The van der Waals surface area contributed by atoms with Crippen molar-refractivity contribution < 1.29 is 31.5 Å². The Morgan fingerprint density at radius 2 is 1.78 bits per heavy atom. The zero-order chi connectivity index (χ0) is 29.5. The Bertz CT molecular complexity index is 1840. The molecule has 0 spiro atoms. The fourth-order valence-electron chi connectivity index (χ4n) is 4.25. The van der Waals surface area contributed by atoms with Crippen LogP contribution in [0.3, 0.4) is 0 Å². The third-order valence-electron chi connectivity index (χ3n) is 6.29. The van der Waals surface area contributed by atoms with Crippen LogP contribution in [0, 0.1) is 6.92 Å². The van der Waals surface area contributed by atoms with E-state index in [0.29, 0.717) is 31.9 Å². The summed E-state index contributed by atoms with van der Waals surface area (Å²) in [6, 6.07) is 14.7. The second-order valence-electron chi connectivity index (χ2n) is 9.02. The molecule has 0 atom stereocenters. The molecule has 5 rings (SSSR count). The number of imidazole rings is 1. The predicted molar refractivity (Wildman–Crippen MR) is 149 cm³/mol. The number of amides is 1. The van der Waals surface area contributed by atoms with Crippen LogP contribution in [0.15, 0.2) is 77.1 Å². The van der Waals surface area contributed by atoms with Crippen LogP contribution in [0.5, 0.6) is 0 Å². The predicted octanol–water partition coefficient (Wildman–Crippen LogP) is 7.04. The molecule has 0 aliphatic rings. The summed E-state index contributed by atoms with van der Waals surface area (Å²) in [5.74, 6) is 0.319. The number of aryl methyl sites for hydroxylation is 1. The number of aromatic nitrogens is 3. The van der Waals surface area contributed by atoms with E-state index in [1.807, 2.05) is 0 Å². The van der Waals surface area contributed by atoms with E-state index >= 15 is 0 Å². The second-order valence-corrected chi connectivity index (χ2v) is 12.2. The molecule has 0 saturated carbocycles. The van der Waals surface area contributed by atoms with Gasteiger partial charge in [0.25, 0.3) is 10.0 Å². The molecule has 0 aliphatic carbocycles. The summed E-state index contributed by atoms with van der Waals surface area (Å²) in [7, 11) is -4.28. The normalized spacial score (nSPS) is 12.1. The standard InChI is InChI=1S/C27H20ClF3N4O4S2/c1-16-2-8-19(9-3-16)41(38,39)34(26(36)37)12-10-17-4-6-18(7-5-17)35-23-15-21(28)20(27(29,30)31)14-22(23)33-24(35)25-32-11-13-40-25/h2-9,11,13-15H,10,12H2,1H3,(H,36,37). The minimum Gasteiger partial charge on any atom is -0.464 e. The summed E-state index contributed by atoms with van der Waals surface area (Å²) in [6.45, 7) is 1.47. The molecule has 41 heavy (non-hydrogen) atoms. The number of hydrogen-bond acceptors (Lipinski definition) is 6. The average molecular weight is 621 g/mol. The molecular weight excluding hydrogens is 601 g/mol. The summed E-state index contributed by atoms with van der Waals surface area (Å²) in [6.07, 6.45) is -4.62. The van der Waals surface area contributed by atoms with E-state index in [0.717, 1.165) is 11.6 Å². The van der Waals surface area contributed by atoms with Gasteiger partial charge in [0, 0.05) is 23.8 Å². The molecule has 1 N–H and O–H groups in total. The monoisotopic (exact) mass is 620 g/mol. The molecule has 0 radical (unpaired) electrons. The number of sulfonamides is 1. The number of hydrogen-bond donors (Lipinski definition) is 1. The van der Waals surface area contributed by atoms with Crippen molar-refractivity contribution in [2.45, 2.75) is 24.4 Å².